The Balaban J connectivity index is 0.000000160. The van der Waals surface area contributed by atoms with Crippen molar-refractivity contribution in [3.63, 3.8) is 0 Å². The van der Waals surface area contributed by atoms with Crippen molar-refractivity contribution in [3.8, 4) is 0 Å². The molecule has 2 heterocycles. The van der Waals surface area contributed by atoms with Gasteiger partial charge in [-0.05, 0) is 0 Å². The number of anilines is 2. The van der Waals surface area contributed by atoms with E-state index < -0.39 is 0 Å². The number of nitrogen functional groups attached to an aromatic ring is 2. The highest BCUT2D eigenvalue weighted by atomic mass is 32.1. The molecule has 4 N–H and O–H groups in total. The van der Waals surface area contributed by atoms with Gasteiger partial charge in [-0.3, -0.25) is 0 Å². The van der Waals surface area contributed by atoms with Crippen LogP contribution in [0.4, 0.5) is 11.5 Å². The molecule has 0 radical (unpaired) electrons. The molecule has 90 valence electrons. The van der Waals surface area contributed by atoms with E-state index in [1.165, 1.54) is 6.20 Å². The first-order chi connectivity index (χ1) is 7.58. The summed E-state index contributed by atoms with van der Waals surface area (Å²) in [6.07, 6.45) is 1.44. The minimum absolute atomic E-state index is 0.0914. The predicted molar refractivity (Wildman–Crippen MR) is 68.3 cm³/mol. The SMILES string of the molecule is Nc1cnnc(N)c1.SC1COCC(S)O1. The van der Waals surface area contributed by atoms with Crippen LogP contribution in [0.25, 0.3) is 0 Å². The predicted octanol–water partition coefficient (Wildman–Crippen LogP) is 0.186. The summed E-state index contributed by atoms with van der Waals surface area (Å²) >= 11 is 8.05. The van der Waals surface area contributed by atoms with Crippen LogP contribution >= 0.6 is 25.3 Å². The molecule has 0 bridgehead atoms. The van der Waals surface area contributed by atoms with Gasteiger partial charge in [0, 0.05) is 6.07 Å². The van der Waals surface area contributed by atoms with E-state index in [0.717, 1.165) is 0 Å². The zero-order valence-corrected chi connectivity index (χ0v) is 10.3. The maximum Gasteiger partial charge on any atom is 0.148 e. The molecule has 16 heavy (non-hydrogen) atoms. The van der Waals surface area contributed by atoms with Gasteiger partial charge in [0.05, 0.1) is 25.1 Å². The largest absolute Gasteiger partial charge is 0.397 e. The molecule has 1 saturated heterocycles. The lowest BCUT2D eigenvalue weighted by Crippen LogP contribution is -2.29. The highest BCUT2D eigenvalue weighted by Gasteiger charge is 2.15. The number of nitrogens with zero attached hydrogens (tertiary/aromatic N) is 2. The number of thiol groups is 2. The Morgan fingerprint density at radius 3 is 2.19 bits per heavy atom. The Morgan fingerprint density at radius 2 is 1.88 bits per heavy atom. The van der Waals surface area contributed by atoms with Gasteiger partial charge in [-0.1, -0.05) is 0 Å². The molecule has 1 fully saturated rings. The molecule has 0 spiro atoms. The summed E-state index contributed by atoms with van der Waals surface area (Å²) in [6.45, 7) is 1.14. The van der Waals surface area contributed by atoms with Gasteiger partial charge in [0.25, 0.3) is 0 Å². The molecule has 2 unspecified atom stereocenters. The van der Waals surface area contributed by atoms with E-state index in [9.17, 15) is 0 Å². The number of rotatable bonds is 0. The van der Waals surface area contributed by atoms with Crippen LogP contribution in [0.2, 0.25) is 0 Å². The van der Waals surface area contributed by atoms with Crippen LogP contribution in [0, 0.1) is 0 Å². The zero-order chi connectivity index (χ0) is 12.0. The van der Waals surface area contributed by atoms with Gasteiger partial charge in [0.1, 0.15) is 16.7 Å². The lowest BCUT2D eigenvalue weighted by molar-refractivity contribution is -0.0643. The van der Waals surface area contributed by atoms with Crippen LogP contribution in [0.3, 0.4) is 0 Å². The quantitative estimate of drug-likeness (QED) is 0.498. The van der Waals surface area contributed by atoms with E-state index in [1.54, 1.807) is 6.07 Å². The van der Waals surface area contributed by atoms with Gasteiger partial charge >= 0.3 is 0 Å². The maximum absolute atomic E-state index is 5.28. The molecular weight excluding hydrogens is 248 g/mol. The van der Waals surface area contributed by atoms with Crippen LogP contribution in [-0.2, 0) is 9.47 Å². The van der Waals surface area contributed by atoms with Crippen LogP contribution in [0.1, 0.15) is 0 Å². The second kappa shape index (κ2) is 6.79. The number of hydrogen-bond donors (Lipinski definition) is 4. The summed E-state index contributed by atoms with van der Waals surface area (Å²) in [7, 11) is 0. The van der Waals surface area contributed by atoms with E-state index in [1.807, 2.05) is 0 Å². The lowest BCUT2D eigenvalue weighted by Gasteiger charge is -2.23. The summed E-state index contributed by atoms with van der Waals surface area (Å²) in [6, 6.07) is 1.55. The number of nitrogens with two attached hydrogens (primary N) is 2. The van der Waals surface area contributed by atoms with Gasteiger partial charge in [0.15, 0.2) is 0 Å². The van der Waals surface area contributed by atoms with Gasteiger partial charge < -0.3 is 20.9 Å². The molecule has 0 aliphatic carbocycles. The first-order valence-corrected chi connectivity index (χ1v) is 5.54. The van der Waals surface area contributed by atoms with Gasteiger partial charge in [0.2, 0.25) is 0 Å². The van der Waals surface area contributed by atoms with E-state index >= 15 is 0 Å². The van der Waals surface area contributed by atoms with Crippen LogP contribution in [0.15, 0.2) is 12.3 Å². The second-order valence-corrected chi connectivity index (χ2v) is 4.15. The second-order valence-electron chi connectivity index (χ2n) is 3.00. The van der Waals surface area contributed by atoms with Crippen molar-refractivity contribution in [3.05, 3.63) is 12.3 Å². The molecule has 2 atom stereocenters. The average molecular weight is 262 g/mol. The van der Waals surface area contributed by atoms with Crippen molar-refractivity contribution in [2.24, 2.45) is 0 Å². The summed E-state index contributed by atoms with van der Waals surface area (Å²) in [5.41, 5.74) is 10.8. The van der Waals surface area contributed by atoms with E-state index in [2.05, 4.69) is 35.5 Å². The zero-order valence-electron chi connectivity index (χ0n) is 8.48. The van der Waals surface area contributed by atoms with Crippen LogP contribution in [-0.4, -0.2) is 34.3 Å². The third kappa shape index (κ3) is 5.40. The third-order valence-electron chi connectivity index (χ3n) is 1.53. The standard InChI is InChI=1S/C4H6N4.C4H8O2S2/c5-3-1-4(6)8-7-2-3;7-3-1-5-2-4(8)6-3/h1-2H,(H4,5,6,8);3-4,7-8H,1-2H2. The van der Waals surface area contributed by atoms with Crippen molar-refractivity contribution in [2.75, 3.05) is 24.7 Å². The van der Waals surface area contributed by atoms with E-state index in [0.29, 0.717) is 24.7 Å². The van der Waals surface area contributed by atoms with Crippen LogP contribution in [0.5, 0.6) is 0 Å². The fourth-order valence-corrected chi connectivity index (χ4v) is 1.53. The smallest absolute Gasteiger partial charge is 0.148 e. The van der Waals surface area contributed by atoms with Crippen molar-refractivity contribution < 1.29 is 9.47 Å². The Kier molecular flexibility index (Phi) is 5.67. The van der Waals surface area contributed by atoms with Crippen molar-refractivity contribution in [1.29, 1.82) is 0 Å². The minimum atomic E-state index is -0.0914. The highest BCUT2D eigenvalue weighted by Crippen LogP contribution is 2.12. The third-order valence-corrected chi connectivity index (χ3v) is 2.07. The molecule has 1 aliphatic rings. The summed E-state index contributed by atoms with van der Waals surface area (Å²) in [4.78, 5) is 0. The molecule has 0 amide bonds. The molecule has 1 aromatic rings. The van der Waals surface area contributed by atoms with Crippen molar-refractivity contribution >= 4 is 36.8 Å². The molecule has 8 heteroatoms. The highest BCUT2D eigenvalue weighted by molar-refractivity contribution is 7.81. The molecule has 1 aromatic heterocycles. The fraction of sp³-hybridized carbons (Fsp3) is 0.500. The molecule has 0 saturated carbocycles. The van der Waals surface area contributed by atoms with Gasteiger partial charge in [-0.25, -0.2) is 0 Å². The number of hydrogen-bond acceptors (Lipinski definition) is 8. The Bertz CT molecular complexity index is 303. The topological polar surface area (TPSA) is 96.3 Å². The summed E-state index contributed by atoms with van der Waals surface area (Å²) < 4.78 is 10.1. The van der Waals surface area contributed by atoms with Gasteiger partial charge in [-0.15, -0.1) is 30.4 Å². The summed E-state index contributed by atoms with van der Waals surface area (Å²) in [5, 5.41) is 6.97. The Morgan fingerprint density at radius 1 is 1.25 bits per heavy atom. The first kappa shape index (κ1) is 13.4. The maximum atomic E-state index is 5.28. The monoisotopic (exact) mass is 262 g/mol. The molecule has 1 aliphatic heterocycles. The minimum Gasteiger partial charge on any atom is -0.397 e. The average Bonchev–Trinajstić information content (AvgIpc) is 2.17. The first-order valence-electron chi connectivity index (χ1n) is 4.51. The molecule has 0 aromatic carbocycles. The van der Waals surface area contributed by atoms with Crippen molar-refractivity contribution in [2.45, 2.75) is 10.9 Å². The lowest BCUT2D eigenvalue weighted by atomic mass is 10.5. The van der Waals surface area contributed by atoms with E-state index in [4.69, 9.17) is 20.9 Å². The molecule has 6 nitrogen and oxygen atoms in total. The van der Waals surface area contributed by atoms with Gasteiger partial charge in [-0.2, -0.15) is 5.10 Å². The summed E-state index contributed by atoms with van der Waals surface area (Å²) in [5.74, 6) is 0.352. The van der Waals surface area contributed by atoms with Crippen LogP contribution < -0.4 is 11.5 Å². The van der Waals surface area contributed by atoms with E-state index in [-0.39, 0.29) is 10.9 Å². The van der Waals surface area contributed by atoms with Crippen molar-refractivity contribution in [1.82, 2.24) is 10.2 Å². The fourth-order valence-electron chi connectivity index (χ4n) is 0.929. The Hall–Kier alpha value is -0.700. The number of aromatic nitrogens is 2. The number of ether oxygens (including phenoxy) is 2. The normalized spacial score (nSPS) is 24.4. The molecule has 2 rings (SSSR count). The Labute approximate surface area is 105 Å². The molecular formula is C8H14N4O2S2.